The first kappa shape index (κ1) is 30.2. The van der Waals surface area contributed by atoms with Gasteiger partial charge in [-0.2, -0.15) is 9.97 Å². The molecule has 3 heterocycles. The molecular formula is C29H56N8. The Bertz CT molecular complexity index is 877. The summed E-state index contributed by atoms with van der Waals surface area (Å²) in [5, 5.41) is 7.62. The topological polar surface area (TPSA) is 95.2 Å². The Kier molecular flexibility index (Phi) is 9.00. The van der Waals surface area contributed by atoms with Gasteiger partial charge in [-0.3, -0.25) is 4.90 Å². The average Bonchev–Trinajstić information content (AvgIpc) is 2.73. The molecule has 1 aromatic rings. The van der Waals surface area contributed by atoms with Crippen LogP contribution in [0.25, 0.3) is 0 Å². The fraction of sp³-hybridized carbons (Fsp3) is 0.897. The third-order valence-corrected chi connectivity index (χ3v) is 8.30. The molecule has 3 rings (SSSR count). The molecule has 0 aromatic carbocycles. The molecule has 8 nitrogen and oxygen atoms in total. The van der Waals surface area contributed by atoms with Crippen molar-refractivity contribution in [3.05, 3.63) is 11.6 Å². The van der Waals surface area contributed by atoms with Crippen molar-refractivity contribution in [1.82, 2.24) is 30.5 Å². The maximum atomic E-state index is 5.78. The predicted molar refractivity (Wildman–Crippen MR) is 155 cm³/mol. The highest BCUT2D eigenvalue weighted by Crippen LogP contribution is 2.35. The van der Waals surface area contributed by atoms with E-state index in [1.807, 2.05) is 0 Å². The number of hydrogen-bond donors (Lipinski definition) is 3. The molecule has 37 heavy (non-hydrogen) atoms. The molecule has 0 saturated carbocycles. The van der Waals surface area contributed by atoms with E-state index < -0.39 is 0 Å². The summed E-state index contributed by atoms with van der Waals surface area (Å²) < 4.78 is 0. The number of nitrogens with one attached hydrogen (secondary N) is 2. The standard InChI is InChI=1S/C29H56N8/c1-20(36(10)21-16-26(2,3)34-27(4,5)17-21)24-31-23(14-12-13-15-30)32-25(33-24)37(11)22-18-28(6,7)35-29(8,9)19-22/h20-22,34-35H,12-19,30H2,1-11H3. The summed E-state index contributed by atoms with van der Waals surface area (Å²) in [4.78, 5) is 19.9. The number of aryl methyl sites for hydroxylation is 1. The van der Waals surface area contributed by atoms with Crippen LogP contribution in [0.5, 0.6) is 0 Å². The highest BCUT2D eigenvalue weighted by Gasteiger charge is 2.42. The Morgan fingerprint density at radius 2 is 1.27 bits per heavy atom. The average molecular weight is 517 g/mol. The van der Waals surface area contributed by atoms with Crippen LogP contribution in [0.2, 0.25) is 0 Å². The van der Waals surface area contributed by atoms with Gasteiger partial charge >= 0.3 is 0 Å². The van der Waals surface area contributed by atoms with Gasteiger partial charge < -0.3 is 21.3 Å². The van der Waals surface area contributed by atoms with Crippen molar-refractivity contribution in [3.8, 4) is 0 Å². The molecule has 1 atom stereocenters. The lowest BCUT2D eigenvalue weighted by Gasteiger charge is -2.50. The molecule has 1 aromatic heterocycles. The van der Waals surface area contributed by atoms with E-state index in [4.69, 9.17) is 20.7 Å². The third-order valence-electron chi connectivity index (χ3n) is 8.30. The second kappa shape index (κ2) is 11.0. The fourth-order valence-corrected chi connectivity index (χ4v) is 7.07. The highest BCUT2D eigenvalue weighted by molar-refractivity contribution is 5.32. The van der Waals surface area contributed by atoms with Crippen molar-refractivity contribution < 1.29 is 0 Å². The van der Waals surface area contributed by atoms with Crippen molar-refractivity contribution >= 4 is 5.95 Å². The first-order chi connectivity index (χ1) is 16.9. The van der Waals surface area contributed by atoms with Gasteiger partial charge in [0.25, 0.3) is 0 Å². The fourth-order valence-electron chi connectivity index (χ4n) is 7.07. The molecule has 1 unspecified atom stereocenters. The van der Waals surface area contributed by atoms with Gasteiger partial charge in [-0.1, -0.05) is 0 Å². The quantitative estimate of drug-likeness (QED) is 0.420. The van der Waals surface area contributed by atoms with Gasteiger partial charge in [0, 0.05) is 47.7 Å². The number of unbranched alkanes of at least 4 members (excludes halogenated alkanes) is 1. The highest BCUT2D eigenvalue weighted by atomic mass is 15.3. The first-order valence-electron chi connectivity index (χ1n) is 14.4. The molecule has 4 N–H and O–H groups in total. The van der Waals surface area contributed by atoms with Crippen LogP contribution < -0.4 is 21.3 Å². The normalized spacial score (nSPS) is 24.2. The zero-order chi connectivity index (χ0) is 27.8. The largest absolute Gasteiger partial charge is 0.341 e. The van der Waals surface area contributed by atoms with E-state index in [9.17, 15) is 0 Å². The van der Waals surface area contributed by atoms with E-state index in [0.29, 0.717) is 18.6 Å². The minimum Gasteiger partial charge on any atom is -0.341 e. The predicted octanol–water partition coefficient (Wildman–Crippen LogP) is 4.20. The van der Waals surface area contributed by atoms with Crippen molar-refractivity contribution in [1.29, 1.82) is 0 Å². The Morgan fingerprint density at radius 3 is 1.76 bits per heavy atom. The van der Waals surface area contributed by atoms with E-state index in [1.54, 1.807) is 0 Å². The maximum Gasteiger partial charge on any atom is 0.228 e. The van der Waals surface area contributed by atoms with E-state index in [-0.39, 0.29) is 28.2 Å². The Labute approximate surface area is 227 Å². The van der Waals surface area contributed by atoms with Crippen LogP contribution >= 0.6 is 0 Å². The Morgan fingerprint density at radius 1 is 0.784 bits per heavy atom. The molecule has 8 heteroatoms. The van der Waals surface area contributed by atoms with Gasteiger partial charge in [-0.25, -0.2) is 4.98 Å². The smallest absolute Gasteiger partial charge is 0.228 e. The molecule has 0 spiro atoms. The molecule has 2 aliphatic rings. The molecule has 2 saturated heterocycles. The van der Waals surface area contributed by atoms with Crippen LogP contribution in [-0.4, -0.2) is 74.7 Å². The maximum absolute atomic E-state index is 5.78. The van der Waals surface area contributed by atoms with Crippen LogP contribution in [0.1, 0.15) is 119 Å². The number of anilines is 1. The second-order valence-electron chi connectivity index (χ2n) is 14.5. The summed E-state index contributed by atoms with van der Waals surface area (Å²) in [5.41, 5.74) is 6.08. The molecule has 0 amide bonds. The summed E-state index contributed by atoms with van der Waals surface area (Å²) in [6, 6.07) is 0.905. The van der Waals surface area contributed by atoms with E-state index >= 15 is 0 Å². The lowest BCUT2D eigenvalue weighted by atomic mass is 9.79. The second-order valence-corrected chi connectivity index (χ2v) is 14.5. The summed E-state index contributed by atoms with van der Waals surface area (Å²) in [7, 11) is 4.41. The van der Waals surface area contributed by atoms with Gasteiger partial charge in [0.1, 0.15) is 5.82 Å². The van der Waals surface area contributed by atoms with Crippen molar-refractivity contribution in [2.75, 3.05) is 25.5 Å². The van der Waals surface area contributed by atoms with Crippen LogP contribution in [0.3, 0.4) is 0 Å². The van der Waals surface area contributed by atoms with Crippen LogP contribution in [0.15, 0.2) is 0 Å². The molecule has 212 valence electrons. The number of nitrogens with two attached hydrogens (primary N) is 1. The molecule has 0 radical (unpaired) electrons. The van der Waals surface area contributed by atoms with Gasteiger partial charge in [-0.15, -0.1) is 0 Å². The molecule has 2 aliphatic heterocycles. The number of aromatic nitrogens is 3. The lowest BCUT2D eigenvalue weighted by molar-refractivity contribution is 0.0587. The summed E-state index contributed by atoms with van der Waals surface area (Å²) in [5.74, 6) is 2.57. The van der Waals surface area contributed by atoms with Crippen molar-refractivity contribution in [2.24, 2.45) is 5.73 Å². The van der Waals surface area contributed by atoms with Crippen molar-refractivity contribution in [3.63, 3.8) is 0 Å². The molecule has 2 fully saturated rings. The minimum atomic E-state index is 0.0582. The van der Waals surface area contributed by atoms with Crippen LogP contribution in [0.4, 0.5) is 5.95 Å². The number of rotatable bonds is 9. The lowest BCUT2D eigenvalue weighted by Crippen LogP contribution is -2.62. The van der Waals surface area contributed by atoms with Gasteiger partial charge in [0.05, 0.1) is 6.04 Å². The summed E-state index contributed by atoms with van der Waals surface area (Å²) in [6.07, 6.45) is 7.10. The zero-order valence-corrected chi connectivity index (χ0v) is 25.7. The number of piperidine rings is 2. The van der Waals surface area contributed by atoms with E-state index in [1.165, 1.54) is 0 Å². The summed E-state index contributed by atoms with van der Waals surface area (Å²) in [6.45, 7) is 21.4. The molecule has 0 aliphatic carbocycles. The van der Waals surface area contributed by atoms with Crippen molar-refractivity contribution in [2.45, 2.75) is 148 Å². The van der Waals surface area contributed by atoms with Gasteiger partial charge in [0.2, 0.25) is 5.95 Å². The van der Waals surface area contributed by atoms with Crippen LogP contribution in [-0.2, 0) is 6.42 Å². The number of hydrogen-bond acceptors (Lipinski definition) is 8. The van der Waals surface area contributed by atoms with Crippen LogP contribution in [0, 0.1) is 0 Å². The van der Waals surface area contributed by atoms with E-state index in [0.717, 1.165) is 62.5 Å². The minimum absolute atomic E-state index is 0.0582. The first-order valence-corrected chi connectivity index (χ1v) is 14.4. The summed E-state index contributed by atoms with van der Waals surface area (Å²) >= 11 is 0. The molecule has 0 bridgehead atoms. The number of nitrogens with zero attached hydrogens (tertiary/aromatic N) is 5. The van der Waals surface area contributed by atoms with Gasteiger partial charge in [0.15, 0.2) is 5.82 Å². The third kappa shape index (κ3) is 8.07. The Hall–Kier alpha value is -1.35. The monoisotopic (exact) mass is 516 g/mol. The molecular weight excluding hydrogens is 460 g/mol. The van der Waals surface area contributed by atoms with Gasteiger partial charge in [-0.05, 0) is 114 Å². The van der Waals surface area contributed by atoms with E-state index in [2.05, 4.69) is 96.8 Å². The zero-order valence-electron chi connectivity index (χ0n) is 25.7. The SMILES string of the molecule is CC(c1nc(CCCCN)nc(N(C)C2CC(C)(C)NC(C)(C)C2)n1)N(C)C1CC(C)(C)NC(C)(C)C1. The Balaban J connectivity index is 1.91.